The van der Waals surface area contributed by atoms with E-state index in [1.54, 1.807) is 12.1 Å². The lowest BCUT2D eigenvalue weighted by Gasteiger charge is -2.23. The Morgan fingerprint density at radius 3 is 2.86 bits per heavy atom. The van der Waals surface area contributed by atoms with Crippen LogP contribution in [0.25, 0.3) is 0 Å². The fraction of sp³-hybridized carbons (Fsp3) is 0.385. The van der Waals surface area contributed by atoms with Crippen molar-refractivity contribution < 1.29 is 24.2 Å². The number of urea groups is 1. The van der Waals surface area contributed by atoms with Crippen LogP contribution >= 0.6 is 22.6 Å². The highest BCUT2D eigenvalue weighted by Gasteiger charge is 2.16. The number of halogens is 1. The highest BCUT2D eigenvalue weighted by atomic mass is 127. The van der Waals surface area contributed by atoms with Crippen molar-refractivity contribution in [3.8, 4) is 0 Å². The molecule has 1 aromatic rings. The van der Waals surface area contributed by atoms with Crippen molar-refractivity contribution in [3.05, 3.63) is 27.3 Å². The molecule has 0 aliphatic carbocycles. The number of benzene rings is 1. The van der Waals surface area contributed by atoms with E-state index in [1.807, 2.05) is 22.6 Å². The lowest BCUT2D eigenvalue weighted by atomic mass is 10.2. The third-order valence-electron chi connectivity index (χ3n) is 2.84. The average molecular weight is 406 g/mol. The summed E-state index contributed by atoms with van der Waals surface area (Å²) in [5.41, 5.74) is 0.301. The van der Waals surface area contributed by atoms with Crippen LogP contribution in [0.2, 0.25) is 0 Å². The number of aromatic carboxylic acids is 1. The summed E-state index contributed by atoms with van der Waals surface area (Å²) in [6, 6.07) is 4.30. The van der Waals surface area contributed by atoms with Crippen LogP contribution in [0.5, 0.6) is 0 Å². The van der Waals surface area contributed by atoms with Crippen LogP contribution in [0.15, 0.2) is 18.2 Å². The number of rotatable bonds is 4. The minimum Gasteiger partial charge on any atom is -0.478 e. The molecule has 0 spiro atoms. The molecule has 114 valence electrons. The number of carbonyl (C=O) groups excluding carboxylic acids is 1. The van der Waals surface area contributed by atoms with E-state index in [0.717, 1.165) is 3.57 Å². The van der Waals surface area contributed by atoms with Gasteiger partial charge in [-0.1, -0.05) is 0 Å². The zero-order chi connectivity index (χ0) is 15.2. The average Bonchev–Trinajstić information content (AvgIpc) is 2.48. The molecule has 1 atom stereocenters. The molecule has 1 unspecified atom stereocenters. The third-order valence-corrected chi connectivity index (χ3v) is 3.51. The maximum absolute atomic E-state index is 11.8. The van der Waals surface area contributed by atoms with Crippen molar-refractivity contribution in [1.82, 2.24) is 5.32 Å². The Balaban J connectivity index is 1.91. The number of carboxylic acid groups (broad SMARTS) is 1. The van der Waals surface area contributed by atoms with Crippen LogP contribution in [0.1, 0.15) is 10.4 Å². The molecule has 0 saturated carbocycles. The highest BCUT2D eigenvalue weighted by Crippen LogP contribution is 2.18. The van der Waals surface area contributed by atoms with Crippen molar-refractivity contribution in [2.45, 2.75) is 6.10 Å². The first-order chi connectivity index (χ1) is 10.1. The summed E-state index contributed by atoms with van der Waals surface area (Å²) in [6.07, 6.45) is -0.180. The number of amides is 2. The Morgan fingerprint density at radius 2 is 2.19 bits per heavy atom. The summed E-state index contributed by atoms with van der Waals surface area (Å²) in [5, 5.41) is 14.3. The van der Waals surface area contributed by atoms with Crippen LogP contribution in [0, 0.1) is 3.57 Å². The van der Waals surface area contributed by atoms with Gasteiger partial charge < -0.3 is 25.2 Å². The molecule has 1 saturated heterocycles. The molecule has 1 aliphatic rings. The molecule has 1 aromatic carbocycles. The molecule has 2 amide bonds. The van der Waals surface area contributed by atoms with Gasteiger partial charge in [-0.15, -0.1) is 0 Å². The van der Waals surface area contributed by atoms with Crippen LogP contribution in [-0.4, -0.2) is 49.6 Å². The minimum atomic E-state index is -1.09. The Labute approximate surface area is 135 Å². The monoisotopic (exact) mass is 406 g/mol. The van der Waals surface area contributed by atoms with E-state index in [1.165, 1.54) is 6.07 Å². The predicted octanol–water partition coefficient (Wildman–Crippen LogP) is 1.53. The molecule has 0 aromatic heterocycles. The maximum Gasteiger partial charge on any atom is 0.337 e. The highest BCUT2D eigenvalue weighted by molar-refractivity contribution is 14.1. The molecular weight excluding hydrogens is 391 g/mol. The van der Waals surface area contributed by atoms with Gasteiger partial charge in [-0.3, -0.25) is 0 Å². The third kappa shape index (κ3) is 4.83. The lowest BCUT2D eigenvalue weighted by Crippen LogP contribution is -2.41. The predicted molar refractivity (Wildman–Crippen MR) is 83.7 cm³/mol. The summed E-state index contributed by atoms with van der Waals surface area (Å²) >= 11 is 2.01. The summed E-state index contributed by atoms with van der Waals surface area (Å²) < 4.78 is 11.4. The zero-order valence-corrected chi connectivity index (χ0v) is 13.3. The summed E-state index contributed by atoms with van der Waals surface area (Å²) in [6.45, 7) is 1.81. The molecule has 21 heavy (non-hydrogen) atoms. The largest absolute Gasteiger partial charge is 0.478 e. The van der Waals surface area contributed by atoms with E-state index in [0.29, 0.717) is 26.4 Å². The number of hydrogen-bond donors (Lipinski definition) is 3. The second-order valence-corrected chi connectivity index (χ2v) is 5.64. The standard InChI is InChI=1S/C13H15IN2O5/c14-8-1-2-11(10(5-8)12(17)18)16-13(19)15-6-9-7-20-3-4-21-9/h1-2,5,9H,3-4,6-7H2,(H,17,18)(H2,15,16,19). The molecular formula is C13H15IN2O5. The molecule has 0 radical (unpaired) electrons. The van der Waals surface area contributed by atoms with Crippen molar-refractivity contribution in [1.29, 1.82) is 0 Å². The van der Waals surface area contributed by atoms with Crippen molar-refractivity contribution in [3.63, 3.8) is 0 Å². The summed E-state index contributed by atoms with van der Waals surface area (Å²) in [7, 11) is 0. The second kappa shape index (κ2) is 7.57. The molecule has 0 bridgehead atoms. The van der Waals surface area contributed by atoms with Gasteiger partial charge in [-0.25, -0.2) is 9.59 Å². The summed E-state index contributed by atoms with van der Waals surface area (Å²) in [5.74, 6) is -1.09. The maximum atomic E-state index is 11.8. The van der Waals surface area contributed by atoms with E-state index in [-0.39, 0.29) is 17.4 Å². The Bertz CT molecular complexity index is 531. The second-order valence-electron chi connectivity index (χ2n) is 4.40. The van der Waals surface area contributed by atoms with Crippen molar-refractivity contribution in [2.75, 3.05) is 31.7 Å². The van der Waals surface area contributed by atoms with Gasteiger partial charge in [0.15, 0.2) is 0 Å². The van der Waals surface area contributed by atoms with Gasteiger partial charge in [-0.2, -0.15) is 0 Å². The Morgan fingerprint density at radius 1 is 1.38 bits per heavy atom. The SMILES string of the molecule is O=C(NCC1COCCO1)Nc1ccc(I)cc1C(=O)O. The van der Waals surface area contributed by atoms with Gasteiger partial charge >= 0.3 is 12.0 Å². The first-order valence-corrected chi connectivity index (χ1v) is 7.41. The van der Waals surface area contributed by atoms with E-state index in [4.69, 9.17) is 14.6 Å². The van der Waals surface area contributed by atoms with Crippen LogP contribution in [-0.2, 0) is 9.47 Å². The Kier molecular flexibility index (Phi) is 5.76. The normalized spacial score (nSPS) is 18.0. The molecule has 3 N–H and O–H groups in total. The van der Waals surface area contributed by atoms with Gasteiger partial charge in [-0.05, 0) is 40.8 Å². The fourth-order valence-electron chi connectivity index (χ4n) is 1.83. The van der Waals surface area contributed by atoms with Crippen LogP contribution in [0.3, 0.4) is 0 Å². The number of ether oxygens (including phenoxy) is 2. The minimum absolute atomic E-state index is 0.0503. The van der Waals surface area contributed by atoms with Crippen LogP contribution in [0.4, 0.5) is 10.5 Å². The first kappa shape index (κ1) is 16.0. The van der Waals surface area contributed by atoms with Crippen molar-refractivity contribution in [2.24, 2.45) is 0 Å². The van der Waals surface area contributed by atoms with Gasteiger partial charge in [0, 0.05) is 10.1 Å². The van der Waals surface area contributed by atoms with Gasteiger partial charge in [0.1, 0.15) is 0 Å². The molecule has 7 nitrogen and oxygen atoms in total. The lowest BCUT2D eigenvalue weighted by molar-refractivity contribution is -0.0852. The molecule has 1 fully saturated rings. The van der Waals surface area contributed by atoms with E-state index < -0.39 is 12.0 Å². The van der Waals surface area contributed by atoms with E-state index in [9.17, 15) is 9.59 Å². The fourth-order valence-corrected chi connectivity index (χ4v) is 2.32. The number of hydrogen-bond acceptors (Lipinski definition) is 4. The van der Waals surface area contributed by atoms with E-state index in [2.05, 4.69) is 10.6 Å². The van der Waals surface area contributed by atoms with Crippen molar-refractivity contribution >= 4 is 40.3 Å². The van der Waals surface area contributed by atoms with E-state index >= 15 is 0 Å². The van der Waals surface area contributed by atoms with Gasteiger partial charge in [0.25, 0.3) is 0 Å². The topological polar surface area (TPSA) is 96.9 Å². The molecule has 1 aliphatic heterocycles. The molecule has 2 rings (SSSR count). The van der Waals surface area contributed by atoms with Gasteiger partial charge in [0.2, 0.25) is 0 Å². The smallest absolute Gasteiger partial charge is 0.337 e. The number of anilines is 1. The Hall–Kier alpha value is -1.39. The number of carbonyl (C=O) groups is 2. The molecule has 1 heterocycles. The number of nitrogens with one attached hydrogen (secondary N) is 2. The zero-order valence-electron chi connectivity index (χ0n) is 11.1. The van der Waals surface area contributed by atoms with Crippen LogP contribution < -0.4 is 10.6 Å². The first-order valence-electron chi connectivity index (χ1n) is 6.33. The number of carboxylic acids is 1. The molecule has 8 heteroatoms. The quantitative estimate of drug-likeness (QED) is 0.660. The van der Waals surface area contributed by atoms with Gasteiger partial charge in [0.05, 0.1) is 37.2 Å². The summed E-state index contributed by atoms with van der Waals surface area (Å²) in [4.78, 5) is 23.0.